The van der Waals surface area contributed by atoms with E-state index in [4.69, 9.17) is 10.2 Å². The van der Waals surface area contributed by atoms with E-state index < -0.39 is 41.3 Å². The van der Waals surface area contributed by atoms with Crippen LogP contribution in [0.5, 0.6) is 0 Å². The molecule has 0 aliphatic heterocycles. The molecule has 0 saturated heterocycles. The highest BCUT2D eigenvalue weighted by Crippen LogP contribution is 2.13. The van der Waals surface area contributed by atoms with Gasteiger partial charge in [-0.2, -0.15) is 0 Å². The highest BCUT2D eigenvalue weighted by atomic mass is 79.9. The fourth-order valence-corrected chi connectivity index (χ4v) is 1.49. The molecule has 0 aliphatic carbocycles. The zero-order chi connectivity index (χ0) is 12.2. The van der Waals surface area contributed by atoms with Crippen LogP contribution in [0.4, 0.5) is 0 Å². The van der Waals surface area contributed by atoms with Crippen LogP contribution >= 0.6 is 15.9 Å². The molecule has 7 heteroatoms. The monoisotopic (exact) mass is 284 g/mol. The van der Waals surface area contributed by atoms with E-state index in [9.17, 15) is 19.8 Å². The Bertz CT molecular complexity index is 243. The van der Waals surface area contributed by atoms with E-state index in [1.165, 1.54) is 0 Å². The average Bonchev–Trinajstić information content (AvgIpc) is 2.23. The minimum Gasteiger partial charge on any atom is -0.394 e. The first kappa shape index (κ1) is 14.7. The van der Waals surface area contributed by atoms with E-state index in [-0.39, 0.29) is 0 Å². The Balaban J connectivity index is 4.50. The van der Waals surface area contributed by atoms with E-state index in [2.05, 4.69) is 15.9 Å². The van der Waals surface area contributed by atoms with Crippen LogP contribution < -0.4 is 0 Å². The fraction of sp³-hybridized carbons (Fsp3) is 0.750. The van der Waals surface area contributed by atoms with Crippen LogP contribution in [0.1, 0.15) is 6.92 Å². The van der Waals surface area contributed by atoms with Gasteiger partial charge in [-0.3, -0.25) is 9.59 Å². The van der Waals surface area contributed by atoms with Crippen molar-refractivity contribution in [1.29, 1.82) is 0 Å². The SMILES string of the molecule is CC(=O)C(=O)[C@H](Br)[C@@H](O)[C@H](O)[C@H](O)CO. The van der Waals surface area contributed by atoms with Gasteiger partial charge < -0.3 is 20.4 Å². The van der Waals surface area contributed by atoms with Gasteiger partial charge in [-0.05, 0) is 0 Å². The molecule has 88 valence electrons. The maximum atomic E-state index is 11.1. The second-order valence-corrected chi connectivity index (χ2v) is 4.04. The lowest BCUT2D eigenvalue weighted by Crippen LogP contribution is -2.47. The van der Waals surface area contributed by atoms with Crippen molar-refractivity contribution < 1.29 is 30.0 Å². The van der Waals surface area contributed by atoms with Crippen molar-refractivity contribution in [3.8, 4) is 0 Å². The predicted molar refractivity (Wildman–Crippen MR) is 53.5 cm³/mol. The number of hydrogen-bond donors (Lipinski definition) is 4. The van der Waals surface area contributed by atoms with Crippen LogP contribution in [0, 0.1) is 0 Å². The third kappa shape index (κ3) is 3.96. The Labute approximate surface area is 94.7 Å². The largest absolute Gasteiger partial charge is 0.394 e. The van der Waals surface area contributed by atoms with Crippen molar-refractivity contribution in [1.82, 2.24) is 0 Å². The second-order valence-electron chi connectivity index (χ2n) is 3.05. The fourth-order valence-electron chi connectivity index (χ4n) is 0.858. The number of alkyl halides is 1. The summed E-state index contributed by atoms with van der Waals surface area (Å²) in [4.78, 5) is 20.5. The number of rotatable bonds is 6. The van der Waals surface area contributed by atoms with Crippen LogP contribution in [0.25, 0.3) is 0 Å². The Morgan fingerprint density at radius 2 is 1.67 bits per heavy atom. The highest BCUT2D eigenvalue weighted by molar-refractivity contribution is 9.10. The molecule has 0 rings (SSSR count). The van der Waals surface area contributed by atoms with Crippen LogP contribution in [-0.4, -0.2) is 61.7 Å². The van der Waals surface area contributed by atoms with Gasteiger partial charge in [0.2, 0.25) is 5.78 Å². The number of halogens is 1. The van der Waals surface area contributed by atoms with Crippen LogP contribution in [0.3, 0.4) is 0 Å². The molecule has 0 heterocycles. The normalized spacial score (nSPS) is 19.1. The van der Waals surface area contributed by atoms with E-state index in [0.29, 0.717) is 0 Å². The first-order chi connectivity index (χ1) is 6.82. The Morgan fingerprint density at radius 1 is 1.20 bits per heavy atom. The quantitative estimate of drug-likeness (QED) is 0.331. The molecule has 0 aliphatic rings. The third-order valence-electron chi connectivity index (χ3n) is 1.83. The molecule has 6 nitrogen and oxygen atoms in total. The molecular weight excluding hydrogens is 272 g/mol. The summed E-state index contributed by atoms with van der Waals surface area (Å²) < 4.78 is 0. The topological polar surface area (TPSA) is 115 Å². The van der Waals surface area contributed by atoms with E-state index in [1.54, 1.807) is 0 Å². The van der Waals surface area contributed by atoms with E-state index in [0.717, 1.165) is 6.92 Å². The maximum absolute atomic E-state index is 11.1. The number of hydrogen-bond acceptors (Lipinski definition) is 6. The molecule has 0 aromatic carbocycles. The molecule has 0 unspecified atom stereocenters. The molecule has 0 aromatic heterocycles. The van der Waals surface area contributed by atoms with Crippen LogP contribution in [0.15, 0.2) is 0 Å². The van der Waals surface area contributed by atoms with Gasteiger partial charge >= 0.3 is 0 Å². The first-order valence-electron chi connectivity index (χ1n) is 4.16. The summed E-state index contributed by atoms with van der Waals surface area (Å²) in [6.45, 7) is 0.268. The smallest absolute Gasteiger partial charge is 0.214 e. The molecule has 0 bridgehead atoms. The van der Waals surface area contributed by atoms with Gasteiger partial charge in [0.25, 0.3) is 0 Å². The Hall–Kier alpha value is -0.340. The number of carbonyl (C=O) groups is 2. The van der Waals surface area contributed by atoms with Crippen molar-refractivity contribution in [2.24, 2.45) is 0 Å². The molecule has 0 spiro atoms. The third-order valence-corrected chi connectivity index (χ3v) is 2.79. The van der Waals surface area contributed by atoms with Gasteiger partial charge in [0.05, 0.1) is 6.61 Å². The Morgan fingerprint density at radius 3 is 2.00 bits per heavy atom. The molecule has 4 N–H and O–H groups in total. The number of aliphatic hydroxyl groups is 4. The van der Waals surface area contributed by atoms with Crippen molar-refractivity contribution >= 4 is 27.5 Å². The van der Waals surface area contributed by atoms with Gasteiger partial charge in [-0.15, -0.1) is 0 Å². The molecule has 0 amide bonds. The highest BCUT2D eigenvalue weighted by Gasteiger charge is 2.35. The molecule has 0 saturated carbocycles. The van der Waals surface area contributed by atoms with Gasteiger partial charge in [-0.1, -0.05) is 15.9 Å². The summed E-state index contributed by atoms with van der Waals surface area (Å²) in [6, 6.07) is 0. The lowest BCUT2D eigenvalue weighted by molar-refractivity contribution is -0.138. The average molecular weight is 285 g/mol. The van der Waals surface area contributed by atoms with Crippen molar-refractivity contribution in [3.63, 3.8) is 0 Å². The lowest BCUT2D eigenvalue weighted by atomic mass is 10.0. The summed E-state index contributed by atoms with van der Waals surface area (Å²) in [7, 11) is 0. The summed E-state index contributed by atoms with van der Waals surface area (Å²) in [5.74, 6) is -1.69. The minimum absolute atomic E-state index is 0.758. The van der Waals surface area contributed by atoms with Crippen LogP contribution in [0.2, 0.25) is 0 Å². The van der Waals surface area contributed by atoms with Gasteiger partial charge in [0.15, 0.2) is 5.78 Å². The lowest BCUT2D eigenvalue weighted by Gasteiger charge is -2.23. The number of carbonyl (C=O) groups excluding carboxylic acids is 2. The predicted octanol–water partition coefficient (Wildman–Crippen LogP) is -2.02. The maximum Gasteiger partial charge on any atom is 0.214 e. The summed E-state index contributed by atoms with van der Waals surface area (Å²) in [5, 5.41) is 36.1. The molecule has 15 heavy (non-hydrogen) atoms. The van der Waals surface area contributed by atoms with Gasteiger partial charge in [0.1, 0.15) is 23.1 Å². The van der Waals surface area contributed by atoms with Crippen molar-refractivity contribution in [3.05, 3.63) is 0 Å². The molecule has 0 fully saturated rings. The number of Topliss-reactive ketones (excluding diaryl/α,β-unsaturated/α-hetero) is 2. The number of aliphatic hydroxyl groups excluding tert-OH is 4. The van der Waals surface area contributed by atoms with E-state index >= 15 is 0 Å². The standard InChI is InChI=1S/C8H13BrO6/c1-3(11)6(13)5(9)8(15)7(14)4(12)2-10/h4-5,7-8,10,12,14-15H,2H2,1H3/t4-,5+,7-,8-/m1/s1. The second kappa shape index (κ2) is 6.29. The zero-order valence-electron chi connectivity index (χ0n) is 8.00. The minimum atomic E-state index is -1.71. The molecule has 0 radical (unpaired) electrons. The first-order valence-corrected chi connectivity index (χ1v) is 5.08. The summed E-state index contributed by atoms with van der Waals surface area (Å²) in [5.41, 5.74) is 0. The summed E-state index contributed by atoms with van der Waals surface area (Å²) in [6.07, 6.45) is -4.94. The van der Waals surface area contributed by atoms with Gasteiger partial charge in [-0.25, -0.2) is 0 Å². The van der Waals surface area contributed by atoms with Crippen LogP contribution in [-0.2, 0) is 9.59 Å². The summed E-state index contributed by atoms with van der Waals surface area (Å²) >= 11 is 2.73. The van der Waals surface area contributed by atoms with Gasteiger partial charge in [0, 0.05) is 6.92 Å². The van der Waals surface area contributed by atoms with Crippen molar-refractivity contribution in [2.75, 3.05) is 6.61 Å². The molecule has 0 aromatic rings. The Kier molecular flexibility index (Phi) is 6.15. The number of ketones is 2. The molecule has 4 atom stereocenters. The van der Waals surface area contributed by atoms with E-state index in [1.807, 2.05) is 0 Å². The molecular formula is C8H13BrO6. The zero-order valence-corrected chi connectivity index (χ0v) is 9.59. The van der Waals surface area contributed by atoms with Crippen molar-refractivity contribution in [2.45, 2.75) is 30.1 Å².